The summed E-state index contributed by atoms with van der Waals surface area (Å²) in [4.78, 5) is 23.1. The van der Waals surface area contributed by atoms with Crippen LogP contribution in [0.5, 0.6) is 0 Å². The van der Waals surface area contributed by atoms with Crippen LogP contribution in [0.3, 0.4) is 0 Å². The predicted molar refractivity (Wildman–Crippen MR) is 98.9 cm³/mol. The molecule has 0 bridgehead atoms. The van der Waals surface area contributed by atoms with Gasteiger partial charge in [0.05, 0.1) is 6.54 Å². The molecular weight excluding hydrogens is 344 g/mol. The van der Waals surface area contributed by atoms with E-state index < -0.39 is 0 Å². The lowest BCUT2D eigenvalue weighted by Crippen LogP contribution is -2.36. The van der Waals surface area contributed by atoms with E-state index in [9.17, 15) is 4.79 Å². The number of carbonyl (C=O) groups is 1. The number of oxazole rings is 1. The van der Waals surface area contributed by atoms with Gasteiger partial charge in [0.2, 0.25) is 5.89 Å². The first-order valence-corrected chi connectivity index (χ1v) is 8.73. The number of ether oxygens (including phenoxy) is 1. The van der Waals surface area contributed by atoms with E-state index in [1.807, 2.05) is 30.3 Å². The van der Waals surface area contributed by atoms with E-state index in [1.165, 1.54) is 0 Å². The highest BCUT2D eigenvalue weighted by molar-refractivity contribution is 5.92. The fourth-order valence-corrected chi connectivity index (χ4v) is 3.24. The maximum Gasteiger partial charge on any atom is 0.272 e. The fourth-order valence-electron chi connectivity index (χ4n) is 3.24. The summed E-state index contributed by atoms with van der Waals surface area (Å²) in [5.41, 5.74) is 7.75. The Morgan fingerprint density at radius 3 is 2.74 bits per heavy atom. The minimum absolute atomic E-state index is 0.163. The molecule has 1 amide bonds. The number of carbonyl (C=O) groups excluding carboxylic acids is 1. The third kappa shape index (κ3) is 3.41. The number of hydrogen-bond donors (Lipinski definition) is 1. The second-order valence-electron chi connectivity index (χ2n) is 6.37. The molecule has 1 unspecified atom stereocenters. The molecule has 7 nitrogen and oxygen atoms in total. The molecule has 0 spiro atoms. The van der Waals surface area contributed by atoms with Crippen LogP contribution in [0.25, 0.3) is 0 Å². The van der Waals surface area contributed by atoms with Crippen LogP contribution < -0.4 is 5.73 Å². The summed E-state index contributed by atoms with van der Waals surface area (Å²) in [5, 5.41) is 0. The minimum atomic E-state index is -0.378. The molecule has 3 heterocycles. The number of nitrogens with two attached hydrogens (primary N) is 1. The normalized spacial score (nSPS) is 14.6. The van der Waals surface area contributed by atoms with Crippen LogP contribution in [0, 0.1) is 0 Å². The molecule has 4 rings (SSSR count). The number of amides is 1. The van der Waals surface area contributed by atoms with Crippen molar-refractivity contribution in [3.05, 3.63) is 77.1 Å². The van der Waals surface area contributed by atoms with E-state index in [-0.39, 0.29) is 12.0 Å². The van der Waals surface area contributed by atoms with Crippen molar-refractivity contribution < 1.29 is 13.9 Å². The predicted octanol–water partition coefficient (Wildman–Crippen LogP) is 2.59. The van der Waals surface area contributed by atoms with Crippen molar-refractivity contribution in [2.24, 2.45) is 0 Å². The van der Waals surface area contributed by atoms with Gasteiger partial charge in [-0.3, -0.25) is 4.79 Å². The van der Waals surface area contributed by atoms with Crippen molar-refractivity contribution >= 4 is 11.7 Å². The Bertz CT molecular complexity index is 955. The molecule has 3 aromatic rings. The molecule has 27 heavy (non-hydrogen) atoms. The number of nitrogens with zero attached hydrogens (tertiary/aromatic N) is 3. The number of hydrogen-bond acceptors (Lipinski definition) is 6. The molecule has 7 heteroatoms. The van der Waals surface area contributed by atoms with E-state index in [0.29, 0.717) is 36.9 Å². The zero-order valence-corrected chi connectivity index (χ0v) is 15.0. The van der Waals surface area contributed by atoms with Gasteiger partial charge in [-0.25, -0.2) is 9.97 Å². The van der Waals surface area contributed by atoms with Gasteiger partial charge in [0.1, 0.15) is 23.0 Å². The van der Waals surface area contributed by atoms with Crippen molar-refractivity contribution in [3.63, 3.8) is 0 Å². The number of nitrogen functional groups attached to an aromatic ring is 1. The molecule has 0 radical (unpaired) electrons. The van der Waals surface area contributed by atoms with E-state index in [4.69, 9.17) is 14.9 Å². The van der Waals surface area contributed by atoms with Gasteiger partial charge in [0.25, 0.3) is 5.91 Å². The summed E-state index contributed by atoms with van der Waals surface area (Å²) in [5.74, 6) is 1.47. The van der Waals surface area contributed by atoms with Crippen LogP contribution in [0.4, 0.5) is 5.82 Å². The first kappa shape index (κ1) is 17.2. The zero-order valence-electron chi connectivity index (χ0n) is 15.0. The second-order valence-corrected chi connectivity index (χ2v) is 6.37. The topological polar surface area (TPSA) is 94.5 Å². The summed E-state index contributed by atoms with van der Waals surface area (Å²) in [6, 6.07) is 14.8. The maximum atomic E-state index is 12.7. The van der Waals surface area contributed by atoms with Gasteiger partial charge in [0, 0.05) is 20.1 Å². The monoisotopic (exact) mass is 364 g/mol. The molecule has 1 aromatic carbocycles. The highest BCUT2D eigenvalue weighted by Gasteiger charge is 2.29. The fraction of sp³-hybridized carbons (Fsp3) is 0.250. The second kappa shape index (κ2) is 7.20. The molecule has 0 saturated heterocycles. The smallest absolute Gasteiger partial charge is 0.272 e. The molecule has 138 valence electrons. The highest BCUT2D eigenvalue weighted by Crippen LogP contribution is 2.29. The molecule has 2 N–H and O–H groups in total. The molecule has 0 fully saturated rings. The van der Waals surface area contributed by atoms with Crippen LogP contribution in [0.2, 0.25) is 0 Å². The zero-order chi connectivity index (χ0) is 18.8. The standard InChI is InChI=1S/C20H20N4O3/c1-26-18(13-6-3-2-4-7-13)19-23-15-12-24(11-10-16(15)27-19)20(25)14-8-5-9-17(21)22-14/h2-9,18H,10-12H2,1H3,(H2,21,22). The van der Waals surface area contributed by atoms with Gasteiger partial charge in [0.15, 0.2) is 6.10 Å². The molecule has 1 aliphatic rings. The van der Waals surface area contributed by atoms with Crippen molar-refractivity contribution in [2.75, 3.05) is 19.4 Å². The van der Waals surface area contributed by atoms with Crippen molar-refractivity contribution in [1.29, 1.82) is 0 Å². The van der Waals surface area contributed by atoms with Crippen LogP contribution >= 0.6 is 0 Å². The van der Waals surface area contributed by atoms with Gasteiger partial charge in [-0.15, -0.1) is 0 Å². The van der Waals surface area contributed by atoms with Crippen LogP contribution in [0.1, 0.15) is 39.5 Å². The SMILES string of the molecule is COC(c1ccccc1)c1nc2c(o1)CCN(C(=O)c1cccc(N)n1)C2. The molecule has 2 aromatic heterocycles. The van der Waals surface area contributed by atoms with Crippen LogP contribution in [-0.2, 0) is 17.7 Å². The van der Waals surface area contributed by atoms with Gasteiger partial charge < -0.3 is 19.8 Å². The summed E-state index contributed by atoms with van der Waals surface area (Å²) in [6.45, 7) is 0.916. The number of pyridine rings is 1. The van der Waals surface area contributed by atoms with E-state index in [1.54, 1.807) is 30.2 Å². The first-order valence-electron chi connectivity index (χ1n) is 8.73. The molecule has 1 atom stereocenters. The molecule has 0 aliphatic carbocycles. The molecule has 1 aliphatic heterocycles. The largest absolute Gasteiger partial charge is 0.442 e. The Balaban J connectivity index is 1.56. The summed E-state index contributed by atoms with van der Waals surface area (Å²) < 4.78 is 11.6. The van der Waals surface area contributed by atoms with Crippen LogP contribution in [-0.4, -0.2) is 34.4 Å². The summed E-state index contributed by atoms with van der Waals surface area (Å²) in [7, 11) is 1.63. The summed E-state index contributed by atoms with van der Waals surface area (Å²) >= 11 is 0. The Labute approximate surface area is 156 Å². The van der Waals surface area contributed by atoms with Crippen molar-refractivity contribution in [1.82, 2.24) is 14.9 Å². The van der Waals surface area contributed by atoms with Gasteiger partial charge in [-0.05, 0) is 17.7 Å². The number of anilines is 1. The number of rotatable bonds is 4. The Morgan fingerprint density at radius 2 is 2.00 bits per heavy atom. The lowest BCUT2D eigenvalue weighted by Gasteiger charge is -2.25. The van der Waals surface area contributed by atoms with Gasteiger partial charge in [-0.1, -0.05) is 36.4 Å². The number of fused-ring (bicyclic) bond motifs is 1. The number of benzene rings is 1. The lowest BCUT2D eigenvalue weighted by molar-refractivity contribution is 0.0721. The third-order valence-electron chi connectivity index (χ3n) is 4.58. The first-order chi connectivity index (χ1) is 13.2. The average Bonchev–Trinajstić information content (AvgIpc) is 3.11. The van der Waals surface area contributed by atoms with Crippen molar-refractivity contribution in [3.8, 4) is 0 Å². The van der Waals surface area contributed by atoms with E-state index >= 15 is 0 Å². The average molecular weight is 364 g/mol. The van der Waals surface area contributed by atoms with E-state index in [2.05, 4.69) is 9.97 Å². The minimum Gasteiger partial charge on any atom is -0.442 e. The van der Waals surface area contributed by atoms with Crippen molar-refractivity contribution in [2.45, 2.75) is 19.1 Å². The van der Waals surface area contributed by atoms with E-state index in [0.717, 1.165) is 17.0 Å². The summed E-state index contributed by atoms with van der Waals surface area (Å²) in [6.07, 6.45) is 0.221. The Morgan fingerprint density at radius 1 is 1.19 bits per heavy atom. The number of aromatic nitrogens is 2. The van der Waals surface area contributed by atoms with Crippen LogP contribution in [0.15, 0.2) is 52.9 Å². The maximum absolute atomic E-state index is 12.7. The highest BCUT2D eigenvalue weighted by atomic mass is 16.5. The Hall–Kier alpha value is -3.19. The quantitative estimate of drug-likeness (QED) is 0.765. The van der Waals surface area contributed by atoms with Gasteiger partial charge >= 0.3 is 0 Å². The van der Waals surface area contributed by atoms with Gasteiger partial charge in [-0.2, -0.15) is 0 Å². The molecular formula is C20H20N4O3. The third-order valence-corrected chi connectivity index (χ3v) is 4.58. The molecule has 0 saturated carbocycles. The Kier molecular flexibility index (Phi) is 4.60. The lowest BCUT2D eigenvalue weighted by atomic mass is 10.1. The number of methoxy groups -OCH3 is 1.